The smallest absolute Gasteiger partial charge is 0.251 e. The van der Waals surface area contributed by atoms with Gasteiger partial charge in [0, 0.05) is 16.8 Å². The van der Waals surface area contributed by atoms with Gasteiger partial charge in [0.2, 0.25) is 0 Å². The molecular weight excluding hydrogens is 357 g/mol. The van der Waals surface area contributed by atoms with Crippen LogP contribution in [0.15, 0.2) is 47.4 Å². The Morgan fingerprint density at radius 3 is 2.26 bits per heavy atom. The molecule has 4 nitrogen and oxygen atoms in total. The molecule has 2 aromatic carbocycles. The van der Waals surface area contributed by atoms with E-state index in [-0.39, 0.29) is 27.4 Å². The van der Waals surface area contributed by atoms with Gasteiger partial charge in [0.05, 0.1) is 16.0 Å². The van der Waals surface area contributed by atoms with Gasteiger partial charge in [-0.1, -0.05) is 35.3 Å². The van der Waals surface area contributed by atoms with Gasteiger partial charge >= 0.3 is 0 Å². The van der Waals surface area contributed by atoms with Crippen molar-refractivity contribution in [3.05, 3.63) is 63.6 Å². The fraction of sp³-hybridized carbons (Fsp3) is 0.188. The minimum absolute atomic E-state index is 0.0639. The van der Waals surface area contributed by atoms with Crippen LogP contribution in [-0.2, 0) is 9.84 Å². The number of sulfone groups is 1. The van der Waals surface area contributed by atoms with E-state index in [1.165, 1.54) is 18.2 Å². The van der Waals surface area contributed by atoms with Crippen LogP contribution >= 0.6 is 23.2 Å². The van der Waals surface area contributed by atoms with Crippen LogP contribution in [-0.4, -0.2) is 20.6 Å². The maximum atomic E-state index is 12.3. The predicted molar refractivity (Wildman–Crippen MR) is 91.9 cm³/mol. The van der Waals surface area contributed by atoms with Crippen LogP contribution in [0, 0.1) is 0 Å². The molecule has 7 heteroatoms. The number of amides is 1. The van der Waals surface area contributed by atoms with Crippen LogP contribution < -0.4 is 5.32 Å². The molecule has 0 radical (unpaired) electrons. The monoisotopic (exact) mass is 371 g/mol. The highest BCUT2D eigenvalue weighted by atomic mass is 35.5. The van der Waals surface area contributed by atoms with E-state index in [1.807, 2.05) is 19.1 Å². The highest BCUT2D eigenvalue weighted by molar-refractivity contribution is 7.90. The Hall–Kier alpha value is -1.56. The van der Waals surface area contributed by atoms with Gasteiger partial charge in [0.15, 0.2) is 9.84 Å². The molecule has 0 aliphatic carbocycles. The van der Waals surface area contributed by atoms with Gasteiger partial charge in [-0.25, -0.2) is 8.42 Å². The summed E-state index contributed by atoms with van der Waals surface area (Å²) < 4.78 is 23.4. The lowest BCUT2D eigenvalue weighted by Crippen LogP contribution is -2.26. The van der Waals surface area contributed by atoms with Crippen molar-refractivity contribution in [1.29, 1.82) is 0 Å². The normalized spacial score (nSPS) is 12.7. The number of carbonyl (C=O) groups excluding carboxylic acids is 1. The van der Waals surface area contributed by atoms with Gasteiger partial charge in [-0.2, -0.15) is 0 Å². The van der Waals surface area contributed by atoms with Crippen molar-refractivity contribution < 1.29 is 13.2 Å². The lowest BCUT2D eigenvalue weighted by atomic mass is 10.1. The van der Waals surface area contributed by atoms with Gasteiger partial charge in [-0.05, 0) is 42.8 Å². The Bertz CT molecular complexity index is 833. The molecule has 0 bridgehead atoms. The zero-order chi connectivity index (χ0) is 17.2. The molecule has 0 saturated heterocycles. The van der Waals surface area contributed by atoms with Crippen molar-refractivity contribution in [3.63, 3.8) is 0 Å². The molecule has 0 spiro atoms. The molecule has 0 aromatic heterocycles. The second kappa shape index (κ2) is 6.91. The zero-order valence-corrected chi connectivity index (χ0v) is 14.8. The first kappa shape index (κ1) is 17.8. The largest absolute Gasteiger partial charge is 0.346 e. The Morgan fingerprint density at radius 1 is 1.09 bits per heavy atom. The van der Waals surface area contributed by atoms with Crippen LogP contribution in [0.3, 0.4) is 0 Å². The van der Waals surface area contributed by atoms with Gasteiger partial charge in [0.25, 0.3) is 5.91 Å². The van der Waals surface area contributed by atoms with Gasteiger partial charge in [0.1, 0.15) is 0 Å². The van der Waals surface area contributed by atoms with Crippen LogP contribution in [0.25, 0.3) is 0 Å². The fourth-order valence-electron chi connectivity index (χ4n) is 2.04. The molecule has 0 fully saturated rings. The molecule has 0 unspecified atom stereocenters. The van der Waals surface area contributed by atoms with Crippen LogP contribution in [0.2, 0.25) is 10.0 Å². The summed E-state index contributed by atoms with van der Waals surface area (Å²) in [6, 6.07) is 11.0. The average molecular weight is 372 g/mol. The van der Waals surface area contributed by atoms with E-state index in [0.29, 0.717) is 5.02 Å². The highest BCUT2D eigenvalue weighted by Gasteiger charge is 2.17. The lowest BCUT2D eigenvalue weighted by Gasteiger charge is -2.15. The summed E-state index contributed by atoms with van der Waals surface area (Å²) in [6.07, 6.45) is 1.05. The second-order valence-electron chi connectivity index (χ2n) is 5.16. The predicted octanol–water partition coefficient (Wildman–Crippen LogP) is 3.89. The van der Waals surface area contributed by atoms with Crippen molar-refractivity contribution in [2.24, 2.45) is 0 Å². The Kier molecular flexibility index (Phi) is 5.34. The minimum atomic E-state index is -3.50. The molecule has 1 atom stereocenters. The van der Waals surface area contributed by atoms with E-state index < -0.39 is 9.84 Å². The van der Waals surface area contributed by atoms with E-state index in [9.17, 15) is 13.2 Å². The SMILES string of the molecule is C[C@H](NC(=O)c1ccc(Cl)c(S(C)(=O)=O)c1)c1ccc(Cl)cc1. The molecule has 23 heavy (non-hydrogen) atoms. The van der Waals surface area contributed by atoms with Crippen LogP contribution in [0.5, 0.6) is 0 Å². The van der Waals surface area contributed by atoms with E-state index in [0.717, 1.165) is 11.8 Å². The van der Waals surface area contributed by atoms with E-state index >= 15 is 0 Å². The summed E-state index contributed by atoms with van der Waals surface area (Å²) in [5.74, 6) is -0.381. The number of halogens is 2. The number of benzene rings is 2. The van der Waals surface area contributed by atoms with E-state index in [4.69, 9.17) is 23.2 Å². The molecule has 2 aromatic rings. The van der Waals surface area contributed by atoms with Crippen molar-refractivity contribution in [1.82, 2.24) is 5.32 Å². The van der Waals surface area contributed by atoms with Crippen LogP contribution in [0.1, 0.15) is 28.9 Å². The first-order valence-electron chi connectivity index (χ1n) is 6.74. The van der Waals surface area contributed by atoms with Gasteiger partial charge < -0.3 is 5.32 Å². The molecule has 1 amide bonds. The van der Waals surface area contributed by atoms with Gasteiger partial charge in [-0.3, -0.25) is 4.79 Å². The molecule has 0 aliphatic heterocycles. The molecule has 1 N–H and O–H groups in total. The average Bonchev–Trinajstić information content (AvgIpc) is 2.47. The molecular formula is C16H15Cl2NO3S. The summed E-state index contributed by atoms with van der Waals surface area (Å²) in [7, 11) is -3.50. The zero-order valence-electron chi connectivity index (χ0n) is 12.5. The van der Waals surface area contributed by atoms with Crippen molar-refractivity contribution in [2.45, 2.75) is 17.9 Å². The third-order valence-electron chi connectivity index (χ3n) is 3.31. The lowest BCUT2D eigenvalue weighted by molar-refractivity contribution is 0.0939. The van der Waals surface area contributed by atoms with E-state index in [1.54, 1.807) is 12.1 Å². The molecule has 0 saturated carbocycles. The number of rotatable bonds is 4. The minimum Gasteiger partial charge on any atom is -0.346 e. The quantitative estimate of drug-likeness (QED) is 0.886. The summed E-state index contributed by atoms with van der Waals surface area (Å²) in [6.45, 7) is 1.83. The number of carbonyl (C=O) groups is 1. The van der Waals surface area contributed by atoms with E-state index in [2.05, 4.69) is 5.32 Å². The number of hydrogen-bond donors (Lipinski definition) is 1. The third-order valence-corrected chi connectivity index (χ3v) is 5.14. The Labute approximate surface area is 145 Å². The van der Waals surface area contributed by atoms with Crippen molar-refractivity contribution in [3.8, 4) is 0 Å². The number of hydrogen-bond acceptors (Lipinski definition) is 3. The fourth-order valence-corrected chi connectivity index (χ4v) is 3.47. The van der Waals surface area contributed by atoms with Crippen molar-refractivity contribution in [2.75, 3.05) is 6.26 Å². The maximum absolute atomic E-state index is 12.3. The molecule has 2 rings (SSSR count). The molecule has 0 heterocycles. The Balaban J connectivity index is 2.22. The maximum Gasteiger partial charge on any atom is 0.251 e. The summed E-state index contributed by atoms with van der Waals surface area (Å²) in [5.41, 5.74) is 1.12. The molecule has 0 aliphatic rings. The number of nitrogens with one attached hydrogen (secondary N) is 1. The highest BCUT2D eigenvalue weighted by Crippen LogP contribution is 2.23. The summed E-state index contributed by atoms with van der Waals surface area (Å²) in [4.78, 5) is 12.2. The standard InChI is InChI=1S/C16H15Cl2NO3S/c1-10(11-3-6-13(17)7-4-11)19-16(20)12-5-8-14(18)15(9-12)23(2,21)22/h3-10H,1-2H3,(H,19,20)/t10-/m0/s1. The summed E-state index contributed by atoms with van der Waals surface area (Å²) >= 11 is 11.7. The third kappa shape index (κ3) is 4.47. The summed E-state index contributed by atoms with van der Waals surface area (Å²) in [5, 5.41) is 3.52. The second-order valence-corrected chi connectivity index (χ2v) is 7.99. The first-order valence-corrected chi connectivity index (χ1v) is 9.39. The topological polar surface area (TPSA) is 63.2 Å². The van der Waals surface area contributed by atoms with Gasteiger partial charge in [-0.15, -0.1) is 0 Å². The first-order chi connectivity index (χ1) is 10.7. The molecule has 122 valence electrons. The van der Waals surface area contributed by atoms with Crippen LogP contribution in [0.4, 0.5) is 0 Å². The Morgan fingerprint density at radius 2 is 1.70 bits per heavy atom. The van der Waals surface area contributed by atoms with Crippen molar-refractivity contribution >= 4 is 38.9 Å².